The number of rotatable bonds is 9. The Balaban J connectivity index is 1.20. The fourth-order valence-electron chi connectivity index (χ4n) is 7.13. The number of benzene rings is 2. The summed E-state index contributed by atoms with van der Waals surface area (Å²) in [4.78, 5) is 108. The Morgan fingerprint density at radius 2 is 0.812 bits per heavy atom. The van der Waals surface area contributed by atoms with E-state index < -0.39 is 70.9 Å². The summed E-state index contributed by atoms with van der Waals surface area (Å²) in [5.74, 6) is -8.58. The van der Waals surface area contributed by atoms with Gasteiger partial charge in [0.25, 0.3) is 11.8 Å². The molecule has 6 rings (SSSR count). The van der Waals surface area contributed by atoms with Crippen molar-refractivity contribution in [3.63, 3.8) is 0 Å². The molecule has 250 valence electrons. The summed E-state index contributed by atoms with van der Waals surface area (Å²) in [6, 6.07) is 10.9. The summed E-state index contributed by atoms with van der Waals surface area (Å²) < 4.78 is 10.8. The first-order valence-electron chi connectivity index (χ1n) is 16.5. The molecule has 2 fully saturated rings. The average molecular weight is 657 g/mol. The molecule has 0 aliphatic heterocycles. The molecular formula is C36H36N2O10. The molecule has 2 saturated carbocycles. The molecule has 12 nitrogen and oxygen atoms in total. The zero-order chi connectivity index (χ0) is 34.1. The first-order valence-corrected chi connectivity index (χ1v) is 16.5. The van der Waals surface area contributed by atoms with Gasteiger partial charge in [0.15, 0.2) is 0 Å². The normalized spacial score (nSPS) is 20.1. The van der Waals surface area contributed by atoms with E-state index in [9.17, 15) is 38.4 Å². The van der Waals surface area contributed by atoms with Crippen molar-refractivity contribution in [1.82, 2.24) is 10.6 Å². The number of amides is 2. The molecule has 2 aromatic rings. The minimum absolute atomic E-state index is 0.0720. The number of carbonyl (C=O) groups excluding carboxylic acids is 8. The van der Waals surface area contributed by atoms with E-state index in [-0.39, 0.29) is 34.3 Å². The Bertz CT molecular complexity index is 1520. The average Bonchev–Trinajstić information content (AvgIpc) is 3.45. The van der Waals surface area contributed by atoms with E-state index in [4.69, 9.17) is 9.47 Å². The predicted octanol–water partition coefficient (Wildman–Crippen LogP) is 3.39. The highest BCUT2D eigenvalue weighted by Crippen LogP contribution is 2.36. The summed E-state index contributed by atoms with van der Waals surface area (Å²) in [5, 5.41) is 5.43. The molecule has 2 aromatic carbocycles. The van der Waals surface area contributed by atoms with Crippen LogP contribution in [0, 0.1) is 0 Å². The largest absolute Gasteiger partial charge is 0.432 e. The van der Waals surface area contributed by atoms with Crippen molar-refractivity contribution in [1.29, 1.82) is 0 Å². The van der Waals surface area contributed by atoms with Crippen LogP contribution in [0.15, 0.2) is 48.5 Å². The van der Waals surface area contributed by atoms with Gasteiger partial charge in [0.2, 0.25) is 23.1 Å². The summed E-state index contributed by atoms with van der Waals surface area (Å²) in [6.45, 7) is 0. The molecule has 0 aromatic heterocycles. The van der Waals surface area contributed by atoms with Crippen LogP contribution >= 0.6 is 0 Å². The van der Waals surface area contributed by atoms with E-state index >= 15 is 0 Å². The second-order valence-electron chi connectivity index (χ2n) is 12.8. The van der Waals surface area contributed by atoms with Gasteiger partial charge in [-0.2, -0.15) is 0 Å². The van der Waals surface area contributed by atoms with Gasteiger partial charge in [-0.25, -0.2) is 0 Å². The van der Waals surface area contributed by atoms with Crippen LogP contribution in [-0.4, -0.2) is 70.2 Å². The predicted molar refractivity (Wildman–Crippen MR) is 167 cm³/mol. The van der Waals surface area contributed by atoms with Crippen molar-refractivity contribution in [3.05, 3.63) is 70.8 Å². The Morgan fingerprint density at radius 3 is 1.10 bits per heavy atom. The minimum Gasteiger partial charge on any atom is -0.432 e. The molecule has 4 aliphatic rings. The van der Waals surface area contributed by atoms with Crippen molar-refractivity contribution in [2.45, 2.75) is 100 Å². The number of carbonyl (C=O) groups is 8. The molecule has 0 unspecified atom stereocenters. The maximum atomic E-state index is 13.6. The lowest BCUT2D eigenvalue weighted by Gasteiger charge is -2.30. The van der Waals surface area contributed by atoms with E-state index in [0.717, 1.165) is 38.5 Å². The maximum Gasteiger partial charge on any atom is 0.313 e. The smallest absolute Gasteiger partial charge is 0.313 e. The monoisotopic (exact) mass is 656 g/mol. The lowest BCUT2D eigenvalue weighted by molar-refractivity contribution is -0.164. The lowest BCUT2D eigenvalue weighted by Crippen LogP contribution is -2.60. The van der Waals surface area contributed by atoms with Crippen LogP contribution in [0.2, 0.25) is 0 Å². The highest BCUT2D eigenvalue weighted by Gasteiger charge is 2.64. The molecule has 2 N–H and O–H groups in total. The first kappa shape index (κ1) is 32.9. The van der Waals surface area contributed by atoms with Crippen LogP contribution < -0.4 is 10.6 Å². The number of hydrogen-bond donors (Lipinski definition) is 2. The standard InChI is InChI=1S/C36H36N2O10/c39-27(47-35(33(45)37-21-11-3-1-4-12-21)29(41)23-15-7-8-16-24(23)30(35)42)19-20-28(40)48-36(34(46)38-22-13-5-2-6-14-22)31(43)25-17-9-10-18-26(25)32(36)44/h7-10,15-18,21-22H,1-6,11-14,19-20H2,(H,37,45)(H,38,46). The van der Waals surface area contributed by atoms with Gasteiger partial charge in [-0.05, 0) is 25.7 Å². The molecular weight excluding hydrogens is 620 g/mol. The molecule has 0 radical (unpaired) electrons. The van der Waals surface area contributed by atoms with E-state index in [1.807, 2.05) is 0 Å². The fraction of sp³-hybridized carbons (Fsp3) is 0.444. The van der Waals surface area contributed by atoms with Crippen LogP contribution in [0.1, 0.15) is 118 Å². The Hall–Kier alpha value is -5.00. The van der Waals surface area contributed by atoms with Crippen molar-refractivity contribution in [3.8, 4) is 0 Å². The van der Waals surface area contributed by atoms with E-state index in [0.29, 0.717) is 25.7 Å². The van der Waals surface area contributed by atoms with Gasteiger partial charge in [0.1, 0.15) is 0 Å². The number of ether oxygens (including phenoxy) is 2. The Morgan fingerprint density at radius 1 is 0.521 bits per heavy atom. The van der Waals surface area contributed by atoms with Gasteiger partial charge in [-0.15, -0.1) is 0 Å². The highest BCUT2D eigenvalue weighted by atomic mass is 16.6. The highest BCUT2D eigenvalue weighted by molar-refractivity contribution is 6.43. The zero-order valence-electron chi connectivity index (χ0n) is 26.3. The van der Waals surface area contributed by atoms with Gasteiger partial charge in [0, 0.05) is 34.3 Å². The summed E-state index contributed by atoms with van der Waals surface area (Å²) in [7, 11) is 0. The molecule has 0 spiro atoms. The van der Waals surface area contributed by atoms with Gasteiger partial charge < -0.3 is 20.1 Å². The van der Waals surface area contributed by atoms with Gasteiger partial charge in [0.05, 0.1) is 12.8 Å². The van der Waals surface area contributed by atoms with Crippen molar-refractivity contribution >= 4 is 46.9 Å². The molecule has 2 amide bonds. The first-order chi connectivity index (χ1) is 23.1. The third kappa shape index (κ3) is 5.62. The quantitative estimate of drug-likeness (QED) is 0.300. The Labute approximate surface area is 276 Å². The number of esters is 2. The van der Waals surface area contributed by atoms with E-state index in [2.05, 4.69) is 10.6 Å². The molecule has 4 aliphatic carbocycles. The number of Topliss-reactive ketones (excluding diaryl/α,β-unsaturated/α-hetero) is 4. The SMILES string of the molecule is O=C(CCC(=O)OC1(C(=O)NC2CCCCC2)C(=O)c2ccccc2C1=O)OC1(C(=O)NC2CCCCC2)C(=O)c2ccccc2C1=O. The molecule has 0 atom stereocenters. The van der Waals surface area contributed by atoms with Crippen molar-refractivity contribution < 1.29 is 47.8 Å². The molecule has 12 heteroatoms. The third-order valence-electron chi connectivity index (χ3n) is 9.70. The van der Waals surface area contributed by atoms with Gasteiger partial charge in [-0.3, -0.25) is 38.4 Å². The van der Waals surface area contributed by atoms with Crippen LogP contribution in [-0.2, 0) is 28.7 Å². The number of fused-ring (bicyclic) bond motifs is 2. The Kier molecular flexibility index (Phi) is 9.09. The van der Waals surface area contributed by atoms with Gasteiger partial charge >= 0.3 is 23.1 Å². The number of ketones is 4. The fourth-order valence-corrected chi connectivity index (χ4v) is 7.13. The van der Waals surface area contributed by atoms with Crippen LogP contribution in [0.5, 0.6) is 0 Å². The maximum absolute atomic E-state index is 13.6. The van der Waals surface area contributed by atoms with E-state index in [1.165, 1.54) is 48.5 Å². The second kappa shape index (κ2) is 13.2. The topological polar surface area (TPSA) is 179 Å². The van der Waals surface area contributed by atoms with Crippen LogP contribution in [0.3, 0.4) is 0 Å². The molecule has 48 heavy (non-hydrogen) atoms. The summed E-state index contributed by atoms with van der Waals surface area (Å²) in [5.41, 5.74) is -5.92. The zero-order valence-corrected chi connectivity index (χ0v) is 26.3. The van der Waals surface area contributed by atoms with Crippen molar-refractivity contribution in [2.24, 2.45) is 0 Å². The summed E-state index contributed by atoms with van der Waals surface area (Å²) in [6.07, 6.45) is 6.31. The summed E-state index contributed by atoms with van der Waals surface area (Å²) >= 11 is 0. The van der Waals surface area contributed by atoms with Crippen LogP contribution in [0.25, 0.3) is 0 Å². The van der Waals surface area contributed by atoms with Crippen molar-refractivity contribution in [2.75, 3.05) is 0 Å². The number of nitrogens with one attached hydrogen (secondary N) is 2. The minimum atomic E-state index is -2.82. The second-order valence-corrected chi connectivity index (χ2v) is 12.8. The third-order valence-corrected chi connectivity index (χ3v) is 9.70. The van der Waals surface area contributed by atoms with E-state index in [1.54, 1.807) is 0 Å². The number of hydrogen-bond acceptors (Lipinski definition) is 10. The molecule has 0 bridgehead atoms. The lowest BCUT2D eigenvalue weighted by atomic mass is 9.92. The van der Waals surface area contributed by atoms with Crippen LogP contribution in [0.4, 0.5) is 0 Å². The molecule has 0 heterocycles. The van der Waals surface area contributed by atoms with Gasteiger partial charge in [-0.1, -0.05) is 87.1 Å². The molecule has 0 saturated heterocycles.